The van der Waals surface area contributed by atoms with Crippen molar-refractivity contribution in [2.24, 2.45) is 0 Å². The highest BCUT2D eigenvalue weighted by Crippen LogP contribution is 2.28. The number of anilines is 1. The molecule has 1 aromatic rings. The van der Waals surface area contributed by atoms with Crippen molar-refractivity contribution in [2.75, 3.05) is 12.4 Å². The summed E-state index contributed by atoms with van der Waals surface area (Å²) in [5.74, 6) is -1.03. The van der Waals surface area contributed by atoms with Crippen LogP contribution in [0.5, 0.6) is 0 Å². The van der Waals surface area contributed by atoms with E-state index in [0.717, 1.165) is 12.7 Å². The number of fused-ring (bicyclic) bond motifs is 1. The average Bonchev–Trinajstić information content (AvgIpc) is 2.74. The van der Waals surface area contributed by atoms with Crippen molar-refractivity contribution in [3.63, 3.8) is 0 Å². The van der Waals surface area contributed by atoms with Crippen molar-refractivity contribution < 1.29 is 24.5 Å². The fraction of sp³-hybridized carbons (Fsp3) is 0.333. The zero-order valence-electron chi connectivity index (χ0n) is 9.71. The summed E-state index contributed by atoms with van der Waals surface area (Å²) in [6, 6.07) is 4.78. The van der Waals surface area contributed by atoms with Crippen LogP contribution in [0, 0.1) is 0 Å². The standard InChI is InChI=1S/C12H13NO5/c1-18-12(17)11(16)10(15)7-3-2-6-5-9(14)13-8(6)4-7/h2-4,10-11,15-16H,5H2,1H3,(H,13,14). The highest BCUT2D eigenvalue weighted by molar-refractivity contribution is 5.99. The first-order valence-corrected chi connectivity index (χ1v) is 5.39. The molecule has 1 heterocycles. The normalized spacial score (nSPS) is 16.7. The molecule has 2 unspecified atom stereocenters. The molecule has 3 N–H and O–H groups in total. The Kier molecular flexibility index (Phi) is 3.31. The smallest absolute Gasteiger partial charge is 0.337 e. The van der Waals surface area contributed by atoms with E-state index in [2.05, 4.69) is 10.1 Å². The van der Waals surface area contributed by atoms with Gasteiger partial charge < -0.3 is 20.3 Å². The van der Waals surface area contributed by atoms with Gasteiger partial charge in [0.25, 0.3) is 0 Å². The monoisotopic (exact) mass is 251 g/mol. The van der Waals surface area contributed by atoms with Crippen LogP contribution in [0.15, 0.2) is 18.2 Å². The van der Waals surface area contributed by atoms with Crippen LogP contribution in [0.25, 0.3) is 0 Å². The van der Waals surface area contributed by atoms with Gasteiger partial charge in [0.05, 0.1) is 13.5 Å². The number of hydrogen-bond donors (Lipinski definition) is 3. The number of aliphatic hydroxyl groups excluding tert-OH is 2. The van der Waals surface area contributed by atoms with Crippen molar-refractivity contribution >= 4 is 17.6 Å². The molecule has 1 amide bonds. The van der Waals surface area contributed by atoms with Gasteiger partial charge in [0.15, 0.2) is 6.10 Å². The Morgan fingerprint density at radius 2 is 2.17 bits per heavy atom. The Labute approximate surface area is 103 Å². The summed E-state index contributed by atoms with van der Waals surface area (Å²) in [5, 5.41) is 22.0. The Hall–Kier alpha value is -1.92. The quantitative estimate of drug-likeness (QED) is 0.644. The van der Waals surface area contributed by atoms with Gasteiger partial charge in [-0.3, -0.25) is 4.79 Å². The Balaban J connectivity index is 2.22. The van der Waals surface area contributed by atoms with Crippen LogP contribution in [-0.2, 0) is 20.7 Å². The number of rotatable bonds is 3. The van der Waals surface area contributed by atoms with E-state index < -0.39 is 18.2 Å². The molecule has 0 radical (unpaired) electrons. The minimum atomic E-state index is -1.65. The Bertz CT molecular complexity index is 499. The molecular formula is C12H13NO5. The number of ether oxygens (including phenoxy) is 1. The van der Waals surface area contributed by atoms with E-state index >= 15 is 0 Å². The van der Waals surface area contributed by atoms with Crippen molar-refractivity contribution in [3.8, 4) is 0 Å². The summed E-state index contributed by atoms with van der Waals surface area (Å²) >= 11 is 0. The van der Waals surface area contributed by atoms with E-state index in [9.17, 15) is 19.8 Å². The highest BCUT2D eigenvalue weighted by atomic mass is 16.5. The Morgan fingerprint density at radius 1 is 1.44 bits per heavy atom. The van der Waals surface area contributed by atoms with Gasteiger partial charge in [0.2, 0.25) is 5.91 Å². The first-order chi connectivity index (χ1) is 8.52. The van der Waals surface area contributed by atoms with E-state index in [1.165, 1.54) is 6.07 Å². The number of esters is 1. The summed E-state index contributed by atoms with van der Waals surface area (Å²) in [7, 11) is 1.13. The van der Waals surface area contributed by atoms with Crippen molar-refractivity contribution in [3.05, 3.63) is 29.3 Å². The van der Waals surface area contributed by atoms with Crippen LogP contribution < -0.4 is 5.32 Å². The van der Waals surface area contributed by atoms with Crippen LogP contribution in [0.4, 0.5) is 5.69 Å². The van der Waals surface area contributed by atoms with Crippen LogP contribution >= 0.6 is 0 Å². The van der Waals surface area contributed by atoms with E-state index in [-0.39, 0.29) is 5.91 Å². The number of amides is 1. The molecule has 1 aliphatic rings. The number of aliphatic hydroxyl groups is 2. The molecule has 0 spiro atoms. The fourth-order valence-corrected chi connectivity index (χ4v) is 1.85. The predicted molar refractivity (Wildman–Crippen MR) is 61.8 cm³/mol. The van der Waals surface area contributed by atoms with Gasteiger partial charge in [0, 0.05) is 5.69 Å². The molecule has 0 aliphatic carbocycles. The van der Waals surface area contributed by atoms with E-state index in [0.29, 0.717) is 17.7 Å². The summed E-state index contributed by atoms with van der Waals surface area (Å²) in [4.78, 5) is 22.3. The van der Waals surface area contributed by atoms with Gasteiger partial charge in [-0.2, -0.15) is 0 Å². The van der Waals surface area contributed by atoms with E-state index in [1.54, 1.807) is 12.1 Å². The zero-order valence-corrected chi connectivity index (χ0v) is 9.71. The number of methoxy groups -OCH3 is 1. The van der Waals surface area contributed by atoms with Gasteiger partial charge in [-0.25, -0.2) is 4.79 Å². The second kappa shape index (κ2) is 4.75. The molecular weight excluding hydrogens is 238 g/mol. The highest BCUT2D eigenvalue weighted by Gasteiger charge is 2.28. The number of carbonyl (C=O) groups is 2. The van der Waals surface area contributed by atoms with Gasteiger partial charge in [-0.15, -0.1) is 0 Å². The van der Waals surface area contributed by atoms with Crippen molar-refractivity contribution in [1.82, 2.24) is 0 Å². The summed E-state index contributed by atoms with van der Waals surface area (Å²) < 4.78 is 4.35. The average molecular weight is 251 g/mol. The second-order valence-electron chi connectivity index (χ2n) is 4.05. The molecule has 0 fully saturated rings. The maximum Gasteiger partial charge on any atom is 0.337 e. The Morgan fingerprint density at radius 3 is 2.83 bits per heavy atom. The van der Waals surface area contributed by atoms with Gasteiger partial charge in [-0.05, 0) is 17.2 Å². The minimum absolute atomic E-state index is 0.120. The third kappa shape index (κ3) is 2.20. The van der Waals surface area contributed by atoms with Crippen LogP contribution in [-0.4, -0.2) is 35.3 Å². The third-order valence-electron chi connectivity index (χ3n) is 2.84. The lowest BCUT2D eigenvalue weighted by Gasteiger charge is -2.16. The van der Waals surface area contributed by atoms with E-state index in [1.807, 2.05) is 0 Å². The lowest BCUT2D eigenvalue weighted by molar-refractivity contribution is -0.156. The van der Waals surface area contributed by atoms with Gasteiger partial charge in [0.1, 0.15) is 6.10 Å². The topological polar surface area (TPSA) is 95.9 Å². The molecule has 96 valence electrons. The van der Waals surface area contributed by atoms with Crippen LogP contribution in [0.2, 0.25) is 0 Å². The van der Waals surface area contributed by atoms with Crippen molar-refractivity contribution in [2.45, 2.75) is 18.6 Å². The van der Waals surface area contributed by atoms with Gasteiger partial charge >= 0.3 is 5.97 Å². The summed E-state index contributed by atoms with van der Waals surface area (Å²) in [5.41, 5.74) is 1.76. The van der Waals surface area contributed by atoms with Gasteiger partial charge in [-0.1, -0.05) is 12.1 Å². The fourth-order valence-electron chi connectivity index (χ4n) is 1.85. The molecule has 0 bridgehead atoms. The number of nitrogens with one attached hydrogen (secondary N) is 1. The molecule has 2 atom stereocenters. The first kappa shape index (κ1) is 12.5. The molecule has 18 heavy (non-hydrogen) atoms. The summed E-state index contributed by atoms with van der Waals surface area (Å²) in [6.45, 7) is 0. The molecule has 6 heteroatoms. The predicted octanol–water partition coefficient (Wildman–Crippen LogP) is -0.252. The van der Waals surface area contributed by atoms with Crippen LogP contribution in [0.3, 0.4) is 0 Å². The first-order valence-electron chi connectivity index (χ1n) is 5.39. The maximum absolute atomic E-state index is 11.2. The molecule has 6 nitrogen and oxygen atoms in total. The maximum atomic E-state index is 11.2. The SMILES string of the molecule is COC(=O)C(O)C(O)c1ccc2c(c1)NC(=O)C2. The molecule has 1 aliphatic heterocycles. The zero-order chi connectivity index (χ0) is 13.3. The molecule has 0 saturated heterocycles. The molecule has 1 aromatic carbocycles. The molecule has 0 aromatic heterocycles. The van der Waals surface area contributed by atoms with Crippen molar-refractivity contribution in [1.29, 1.82) is 0 Å². The second-order valence-corrected chi connectivity index (χ2v) is 4.05. The lowest BCUT2D eigenvalue weighted by Crippen LogP contribution is -2.29. The molecule has 0 saturated carbocycles. The number of carbonyl (C=O) groups excluding carboxylic acids is 2. The molecule has 2 rings (SSSR count). The lowest BCUT2D eigenvalue weighted by atomic mass is 10.0. The minimum Gasteiger partial charge on any atom is -0.467 e. The van der Waals surface area contributed by atoms with E-state index in [4.69, 9.17) is 0 Å². The third-order valence-corrected chi connectivity index (χ3v) is 2.84. The van der Waals surface area contributed by atoms with Crippen LogP contribution in [0.1, 0.15) is 17.2 Å². The number of benzene rings is 1. The largest absolute Gasteiger partial charge is 0.467 e. The summed E-state index contributed by atoms with van der Waals surface area (Å²) in [6.07, 6.45) is -2.74. The number of hydrogen-bond acceptors (Lipinski definition) is 5.